The molecule has 0 saturated heterocycles. The van der Waals surface area contributed by atoms with E-state index in [0.29, 0.717) is 17.3 Å². The van der Waals surface area contributed by atoms with Gasteiger partial charge in [-0.2, -0.15) is 5.10 Å². The summed E-state index contributed by atoms with van der Waals surface area (Å²) in [4.78, 5) is 16.8. The smallest absolute Gasteiger partial charge is 0.269 e. The van der Waals surface area contributed by atoms with Gasteiger partial charge in [-0.05, 0) is 68.5 Å². The second kappa shape index (κ2) is 8.43. The number of benzene rings is 1. The molecule has 3 aromatic rings. The number of carbonyl (C=O) groups excluding carboxylic acids is 1. The van der Waals surface area contributed by atoms with E-state index in [1.54, 1.807) is 24.4 Å². The first-order chi connectivity index (χ1) is 14.1. The summed E-state index contributed by atoms with van der Waals surface area (Å²) >= 11 is 0. The van der Waals surface area contributed by atoms with Crippen molar-refractivity contribution in [3.05, 3.63) is 65.7 Å². The predicted octanol–water partition coefficient (Wildman–Crippen LogP) is 4.04. The number of amides is 1. The first kappa shape index (κ1) is 19.1. The van der Waals surface area contributed by atoms with Crippen molar-refractivity contribution < 1.29 is 13.9 Å². The minimum atomic E-state index is -0.306. The lowest BCUT2D eigenvalue weighted by Gasteiger charge is -2.29. The molecule has 2 N–H and O–H groups in total. The summed E-state index contributed by atoms with van der Waals surface area (Å²) < 4.78 is 19.0. The maximum atomic E-state index is 13.1. The van der Waals surface area contributed by atoms with Crippen LogP contribution in [0.5, 0.6) is 5.88 Å². The van der Waals surface area contributed by atoms with E-state index >= 15 is 0 Å². The maximum Gasteiger partial charge on any atom is 0.269 e. The van der Waals surface area contributed by atoms with E-state index in [2.05, 4.69) is 20.5 Å². The number of H-pyrrole nitrogens is 1. The molecule has 0 bridgehead atoms. The van der Waals surface area contributed by atoms with Crippen LogP contribution < -0.4 is 10.1 Å². The number of hydrogen-bond acceptors (Lipinski definition) is 4. The number of ether oxygens (including phenoxy) is 1. The molecule has 0 unspecified atom stereocenters. The summed E-state index contributed by atoms with van der Waals surface area (Å²) in [5.41, 5.74) is 2.86. The third-order valence-corrected chi connectivity index (χ3v) is 5.14. The van der Waals surface area contributed by atoms with Gasteiger partial charge in [0, 0.05) is 23.9 Å². The SMILES string of the molecule is Cc1ccc(OC2CCC(NC(=O)c3cc(-c4ccc(F)cc4)n[nH]3)CC2)nc1. The number of nitrogens with zero attached hydrogens (tertiary/aromatic N) is 2. The molecule has 0 spiro atoms. The highest BCUT2D eigenvalue weighted by Crippen LogP contribution is 2.24. The molecule has 0 radical (unpaired) electrons. The molecule has 1 aliphatic rings. The molecule has 29 heavy (non-hydrogen) atoms. The molecule has 2 heterocycles. The highest BCUT2D eigenvalue weighted by molar-refractivity contribution is 5.93. The molecular formula is C22H23FN4O2. The van der Waals surface area contributed by atoms with E-state index in [9.17, 15) is 9.18 Å². The number of carbonyl (C=O) groups is 1. The van der Waals surface area contributed by atoms with Gasteiger partial charge in [0.05, 0.1) is 5.69 Å². The van der Waals surface area contributed by atoms with Crippen molar-refractivity contribution >= 4 is 5.91 Å². The van der Waals surface area contributed by atoms with Gasteiger partial charge in [-0.1, -0.05) is 6.07 Å². The molecular weight excluding hydrogens is 371 g/mol. The van der Waals surface area contributed by atoms with Gasteiger partial charge in [-0.3, -0.25) is 9.89 Å². The first-order valence-corrected chi connectivity index (χ1v) is 9.78. The Bertz CT molecular complexity index is 961. The number of rotatable bonds is 5. The zero-order valence-corrected chi connectivity index (χ0v) is 16.2. The van der Waals surface area contributed by atoms with Gasteiger partial charge in [0.1, 0.15) is 17.6 Å². The molecule has 0 atom stereocenters. The minimum absolute atomic E-state index is 0.103. The molecule has 1 amide bonds. The number of aromatic amines is 1. The Labute approximate surface area is 168 Å². The van der Waals surface area contributed by atoms with Crippen LogP contribution in [0.4, 0.5) is 4.39 Å². The number of halogens is 1. The number of aromatic nitrogens is 3. The summed E-state index contributed by atoms with van der Waals surface area (Å²) in [7, 11) is 0. The van der Waals surface area contributed by atoms with E-state index in [4.69, 9.17) is 4.74 Å². The highest BCUT2D eigenvalue weighted by Gasteiger charge is 2.24. The van der Waals surface area contributed by atoms with Crippen molar-refractivity contribution in [2.24, 2.45) is 0 Å². The minimum Gasteiger partial charge on any atom is -0.474 e. The zero-order valence-electron chi connectivity index (χ0n) is 16.2. The predicted molar refractivity (Wildman–Crippen MR) is 107 cm³/mol. The number of nitrogens with one attached hydrogen (secondary N) is 2. The second-order valence-electron chi connectivity index (χ2n) is 7.41. The Balaban J connectivity index is 1.28. The lowest BCUT2D eigenvalue weighted by Crippen LogP contribution is -2.39. The first-order valence-electron chi connectivity index (χ1n) is 9.78. The zero-order chi connectivity index (χ0) is 20.2. The Morgan fingerprint density at radius 3 is 2.59 bits per heavy atom. The van der Waals surface area contributed by atoms with Crippen LogP contribution in [0, 0.1) is 12.7 Å². The van der Waals surface area contributed by atoms with E-state index < -0.39 is 0 Å². The molecule has 150 valence electrons. The van der Waals surface area contributed by atoms with Gasteiger partial charge >= 0.3 is 0 Å². The third kappa shape index (κ3) is 4.80. The Kier molecular flexibility index (Phi) is 5.55. The molecule has 6 nitrogen and oxygen atoms in total. The average Bonchev–Trinajstić information content (AvgIpc) is 3.22. The van der Waals surface area contributed by atoms with Gasteiger partial charge in [0.25, 0.3) is 5.91 Å². The van der Waals surface area contributed by atoms with Crippen LogP contribution in [0.15, 0.2) is 48.7 Å². The largest absolute Gasteiger partial charge is 0.474 e. The lowest BCUT2D eigenvalue weighted by molar-refractivity contribution is 0.0885. The van der Waals surface area contributed by atoms with Gasteiger partial charge in [-0.25, -0.2) is 9.37 Å². The fourth-order valence-electron chi connectivity index (χ4n) is 3.49. The Hall–Kier alpha value is -3.22. The van der Waals surface area contributed by atoms with Gasteiger partial charge in [0.2, 0.25) is 5.88 Å². The maximum absolute atomic E-state index is 13.1. The normalized spacial score (nSPS) is 19.0. The van der Waals surface area contributed by atoms with Crippen molar-refractivity contribution in [3.8, 4) is 17.1 Å². The Morgan fingerprint density at radius 1 is 1.14 bits per heavy atom. The van der Waals surface area contributed by atoms with Gasteiger partial charge in [-0.15, -0.1) is 0 Å². The summed E-state index contributed by atoms with van der Waals surface area (Å²) in [6.07, 6.45) is 5.35. The quantitative estimate of drug-likeness (QED) is 0.684. The van der Waals surface area contributed by atoms with Crippen molar-refractivity contribution in [2.75, 3.05) is 0 Å². The van der Waals surface area contributed by atoms with E-state index in [-0.39, 0.29) is 23.9 Å². The van der Waals surface area contributed by atoms with Crippen LogP contribution in [0.3, 0.4) is 0 Å². The molecule has 2 aromatic heterocycles. The van der Waals surface area contributed by atoms with Crippen LogP contribution in [0.25, 0.3) is 11.3 Å². The van der Waals surface area contributed by atoms with E-state index in [1.807, 2.05) is 19.1 Å². The number of hydrogen-bond donors (Lipinski definition) is 2. The molecule has 1 saturated carbocycles. The molecule has 4 rings (SSSR count). The molecule has 0 aliphatic heterocycles. The molecule has 1 aromatic carbocycles. The van der Waals surface area contributed by atoms with Crippen molar-refractivity contribution in [1.29, 1.82) is 0 Å². The van der Waals surface area contributed by atoms with Gasteiger partial charge in [0.15, 0.2) is 0 Å². The Morgan fingerprint density at radius 2 is 1.90 bits per heavy atom. The topological polar surface area (TPSA) is 79.9 Å². The third-order valence-electron chi connectivity index (χ3n) is 5.14. The van der Waals surface area contributed by atoms with Crippen molar-refractivity contribution in [1.82, 2.24) is 20.5 Å². The average molecular weight is 394 g/mol. The van der Waals surface area contributed by atoms with Crippen molar-refractivity contribution in [3.63, 3.8) is 0 Å². The van der Waals surface area contributed by atoms with Crippen LogP contribution in [0.2, 0.25) is 0 Å². The number of aryl methyl sites for hydroxylation is 1. The molecule has 7 heteroatoms. The standard InChI is InChI=1S/C22H23FN4O2/c1-14-2-11-21(24-13-14)29-18-9-7-17(8-10-18)25-22(28)20-12-19(26-27-20)15-3-5-16(23)6-4-15/h2-6,11-13,17-18H,7-10H2,1H3,(H,25,28)(H,26,27). The van der Waals surface area contributed by atoms with Crippen LogP contribution >= 0.6 is 0 Å². The lowest BCUT2D eigenvalue weighted by atomic mass is 9.93. The summed E-state index contributed by atoms with van der Waals surface area (Å²) in [5.74, 6) is 0.157. The van der Waals surface area contributed by atoms with Gasteiger partial charge < -0.3 is 10.1 Å². The summed E-state index contributed by atoms with van der Waals surface area (Å²) in [5, 5.41) is 9.99. The second-order valence-corrected chi connectivity index (χ2v) is 7.41. The summed E-state index contributed by atoms with van der Waals surface area (Å²) in [6.45, 7) is 1.99. The van der Waals surface area contributed by atoms with Crippen molar-refractivity contribution in [2.45, 2.75) is 44.8 Å². The van der Waals surface area contributed by atoms with E-state index in [0.717, 1.165) is 36.8 Å². The van der Waals surface area contributed by atoms with E-state index in [1.165, 1.54) is 12.1 Å². The fraction of sp³-hybridized carbons (Fsp3) is 0.318. The van der Waals surface area contributed by atoms with Crippen LogP contribution in [-0.4, -0.2) is 33.2 Å². The number of pyridine rings is 1. The highest BCUT2D eigenvalue weighted by atomic mass is 19.1. The van der Waals surface area contributed by atoms with Crippen LogP contribution in [0.1, 0.15) is 41.7 Å². The van der Waals surface area contributed by atoms with Crippen LogP contribution in [-0.2, 0) is 0 Å². The summed E-state index contributed by atoms with van der Waals surface area (Å²) in [6, 6.07) is 11.7. The molecule has 1 fully saturated rings. The monoisotopic (exact) mass is 394 g/mol. The fourth-order valence-corrected chi connectivity index (χ4v) is 3.49. The molecule has 1 aliphatic carbocycles.